The number of guanidine groups is 1. The molecule has 0 unspecified atom stereocenters. The van der Waals surface area contributed by atoms with E-state index in [0.717, 1.165) is 18.7 Å². The van der Waals surface area contributed by atoms with E-state index in [0.29, 0.717) is 17.5 Å². The van der Waals surface area contributed by atoms with E-state index in [2.05, 4.69) is 22.2 Å². The van der Waals surface area contributed by atoms with Crippen LogP contribution < -0.4 is 11.1 Å². The second-order valence-corrected chi connectivity index (χ2v) is 5.30. The van der Waals surface area contributed by atoms with Crippen LogP contribution >= 0.6 is 35.6 Å². The topological polar surface area (TPSA) is 63.3 Å². The van der Waals surface area contributed by atoms with Crippen LogP contribution in [-0.2, 0) is 6.54 Å². The predicted octanol–water partition coefficient (Wildman–Crippen LogP) is 4.12. The van der Waals surface area contributed by atoms with Gasteiger partial charge in [0, 0.05) is 12.7 Å². The molecule has 120 valence electrons. The summed E-state index contributed by atoms with van der Waals surface area (Å²) >= 11 is 5.77. The van der Waals surface area contributed by atoms with Crippen molar-refractivity contribution in [2.45, 2.75) is 52.0 Å². The molecule has 0 atom stereocenters. The highest BCUT2D eigenvalue weighted by atomic mass is 127. The van der Waals surface area contributed by atoms with Gasteiger partial charge in [0.2, 0.25) is 0 Å². The average Bonchev–Trinajstić information content (AvgIpc) is 2.46. The quantitative estimate of drug-likeness (QED) is 0.271. The van der Waals surface area contributed by atoms with Gasteiger partial charge in [-0.1, -0.05) is 50.6 Å². The summed E-state index contributed by atoms with van der Waals surface area (Å²) in [6, 6.07) is 3.66. The van der Waals surface area contributed by atoms with Crippen molar-refractivity contribution in [3.63, 3.8) is 0 Å². The zero-order chi connectivity index (χ0) is 14.6. The molecule has 1 aromatic heterocycles. The summed E-state index contributed by atoms with van der Waals surface area (Å²) in [7, 11) is 0. The van der Waals surface area contributed by atoms with E-state index in [-0.39, 0.29) is 24.0 Å². The van der Waals surface area contributed by atoms with E-state index in [4.69, 9.17) is 17.3 Å². The van der Waals surface area contributed by atoms with Crippen LogP contribution in [0.1, 0.15) is 51.1 Å². The third-order valence-corrected chi connectivity index (χ3v) is 3.26. The zero-order valence-corrected chi connectivity index (χ0v) is 15.7. The molecule has 0 aliphatic heterocycles. The molecule has 0 fully saturated rings. The van der Waals surface area contributed by atoms with Crippen LogP contribution in [0, 0.1) is 0 Å². The molecule has 0 aliphatic rings. The van der Waals surface area contributed by atoms with E-state index in [1.54, 1.807) is 12.3 Å². The second-order valence-electron chi connectivity index (χ2n) is 4.86. The molecule has 0 saturated carbocycles. The Labute approximate surface area is 150 Å². The van der Waals surface area contributed by atoms with Crippen molar-refractivity contribution >= 4 is 41.5 Å². The molecule has 0 amide bonds. The highest BCUT2D eigenvalue weighted by molar-refractivity contribution is 14.0. The van der Waals surface area contributed by atoms with Crippen LogP contribution in [0.2, 0.25) is 5.02 Å². The number of nitrogens with two attached hydrogens (primary N) is 1. The largest absolute Gasteiger partial charge is 0.370 e. The molecular weight excluding hydrogens is 399 g/mol. The van der Waals surface area contributed by atoms with Crippen molar-refractivity contribution in [2.24, 2.45) is 10.7 Å². The van der Waals surface area contributed by atoms with Gasteiger partial charge in [0.05, 0.1) is 17.3 Å². The van der Waals surface area contributed by atoms with Crippen molar-refractivity contribution < 1.29 is 0 Å². The number of aromatic nitrogens is 1. The molecule has 0 aliphatic carbocycles. The average molecular weight is 425 g/mol. The molecule has 3 N–H and O–H groups in total. The SMILES string of the molecule is CCCCCCCCNC(N)=NCc1ccc(Cl)cn1.I. The van der Waals surface area contributed by atoms with Gasteiger partial charge in [0.1, 0.15) is 0 Å². The summed E-state index contributed by atoms with van der Waals surface area (Å²) in [5, 5.41) is 3.76. The maximum atomic E-state index is 5.80. The fourth-order valence-electron chi connectivity index (χ4n) is 1.84. The van der Waals surface area contributed by atoms with E-state index < -0.39 is 0 Å². The first kappa shape index (κ1) is 20.4. The molecule has 0 bridgehead atoms. The van der Waals surface area contributed by atoms with Crippen molar-refractivity contribution in [2.75, 3.05) is 6.54 Å². The lowest BCUT2D eigenvalue weighted by Crippen LogP contribution is -2.32. The van der Waals surface area contributed by atoms with E-state index in [1.807, 2.05) is 6.07 Å². The van der Waals surface area contributed by atoms with Gasteiger partial charge >= 0.3 is 0 Å². The van der Waals surface area contributed by atoms with Crippen LogP contribution in [0.3, 0.4) is 0 Å². The predicted molar refractivity (Wildman–Crippen MR) is 101 cm³/mol. The van der Waals surface area contributed by atoms with Gasteiger partial charge in [-0.15, -0.1) is 24.0 Å². The lowest BCUT2D eigenvalue weighted by Gasteiger charge is -2.05. The smallest absolute Gasteiger partial charge is 0.188 e. The summed E-state index contributed by atoms with van der Waals surface area (Å²) in [5.74, 6) is 0.482. The van der Waals surface area contributed by atoms with E-state index >= 15 is 0 Å². The minimum atomic E-state index is 0. The normalized spacial score (nSPS) is 11.0. The van der Waals surface area contributed by atoms with E-state index in [9.17, 15) is 0 Å². The van der Waals surface area contributed by atoms with Crippen molar-refractivity contribution in [3.05, 3.63) is 29.0 Å². The van der Waals surface area contributed by atoms with Crippen LogP contribution in [0.15, 0.2) is 23.3 Å². The fourth-order valence-corrected chi connectivity index (χ4v) is 1.96. The Morgan fingerprint density at radius 3 is 2.62 bits per heavy atom. The number of nitrogens with zero attached hydrogens (tertiary/aromatic N) is 2. The minimum Gasteiger partial charge on any atom is -0.370 e. The number of rotatable bonds is 9. The van der Waals surface area contributed by atoms with Gasteiger partial charge in [-0.2, -0.15) is 0 Å². The molecule has 21 heavy (non-hydrogen) atoms. The van der Waals surface area contributed by atoms with Crippen LogP contribution in [0.25, 0.3) is 0 Å². The van der Waals surface area contributed by atoms with Gasteiger partial charge in [-0.25, -0.2) is 4.99 Å². The van der Waals surface area contributed by atoms with Gasteiger partial charge in [0.25, 0.3) is 0 Å². The molecule has 0 aromatic carbocycles. The Hall–Kier alpha value is -0.560. The molecule has 4 nitrogen and oxygen atoms in total. The number of pyridine rings is 1. The van der Waals surface area contributed by atoms with Crippen molar-refractivity contribution in [3.8, 4) is 0 Å². The van der Waals surface area contributed by atoms with Crippen molar-refractivity contribution in [1.82, 2.24) is 10.3 Å². The Morgan fingerprint density at radius 1 is 1.24 bits per heavy atom. The first-order chi connectivity index (χ1) is 9.72. The molecular formula is C15H26ClIN4. The van der Waals surface area contributed by atoms with Gasteiger partial charge in [-0.3, -0.25) is 4.98 Å². The number of halogens is 2. The highest BCUT2D eigenvalue weighted by Crippen LogP contribution is 2.06. The van der Waals surface area contributed by atoms with E-state index in [1.165, 1.54) is 32.1 Å². The molecule has 1 rings (SSSR count). The number of aliphatic imine (C=N–C) groups is 1. The summed E-state index contributed by atoms with van der Waals surface area (Å²) in [6.07, 6.45) is 9.27. The first-order valence-electron chi connectivity index (χ1n) is 7.36. The molecule has 0 radical (unpaired) electrons. The Balaban J connectivity index is 0.00000400. The standard InChI is InChI=1S/C15H25ClN4.HI/c1-2-3-4-5-6-7-10-18-15(17)20-12-14-9-8-13(16)11-19-14;/h8-9,11H,2-7,10,12H2,1H3,(H3,17,18,20);1H. The first-order valence-corrected chi connectivity index (χ1v) is 7.74. The molecule has 6 heteroatoms. The van der Waals surface area contributed by atoms with Gasteiger partial charge in [0.15, 0.2) is 5.96 Å². The molecule has 0 spiro atoms. The Morgan fingerprint density at radius 2 is 1.95 bits per heavy atom. The highest BCUT2D eigenvalue weighted by Gasteiger charge is 1.95. The second kappa shape index (κ2) is 13.1. The molecule has 0 saturated heterocycles. The number of hydrogen-bond donors (Lipinski definition) is 2. The Kier molecular flexibility index (Phi) is 12.8. The summed E-state index contributed by atoms with van der Waals surface area (Å²) < 4.78 is 0. The van der Waals surface area contributed by atoms with Gasteiger partial charge in [-0.05, 0) is 18.6 Å². The minimum absolute atomic E-state index is 0. The Bertz CT molecular complexity index is 395. The number of unbranched alkanes of at least 4 members (excludes halogenated alkanes) is 5. The fraction of sp³-hybridized carbons (Fsp3) is 0.600. The monoisotopic (exact) mass is 424 g/mol. The van der Waals surface area contributed by atoms with Crippen LogP contribution in [0.4, 0.5) is 0 Å². The summed E-state index contributed by atoms with van der Waals surface area (Å²) in [4.78, 5) is 8.42. The zero-order valence-electron chi connectivity index (χ0n) is 12.6. The number of hydrogen-bond acceptors (Lipinski definition) is 2. The maximum absolute atomic E-state index is 5.80. The van der Waals surface area contributed by atoms with Crippen LogP contribution in [0.5, 0.6) is 0 Å². The van der Waals surface area contributed by atoms with Gasteiger partial charge < -0.3 is 11.1 Å². The molecule has 1 heterocycles. The third-order valence-electron chi connectivity index (χ3n) is 3.04. The summed E-state index contributed by atoms with van der Waals surface area (Å²) in [5.41, 5.74) is 6.66. The van der Waals surface area contributed by atoms with Crippen molar-refractivity contribution in [1.29, 1.82) is 0 Å². The maximum Gasteiger partial charge on any atom is 0.188 e. The summed E-state index contributed by atoms with van der Waals surface area (Å²) in [6.45, 7) is 3.59. The number of nitrogens with one attached hydrogen (secondary N) is 1. The lowest BCUT2D eigenvalue weighted by atomic mass is 10.1. The molecule has 1 aromatic rings. The van der Waals surface area contributed by atoms with Crippen LogP contribution in [-0.4, -0.2) is 17.5 Å². The lowest BCUT2D eigenvalue weighted by molar-refractivity contribution is 0.601. The third kappa shape index (κ3) is 10.8.